The van der Waals surface area contributed by atoms with E-state index in [9.17, 15) is 9.59 Å². The topological polar surface area (TPSA) is 115 Å². The van der Waals surface area contributed by atoms with E-state index in [2.05, 4.69) is 4.98 Å². The van der Waals surface area contributed by atoms with Gasteiger partial charge in [0.25, 0.3) is 5.91 Å². The summed E-state index contributed by atoms with van der Waals surface area (Å²) in [6.45, 7) is 2.00. The van der Waals surface area contributed by atoms with Crippen molar-refractivity contribution < 1.29 is 19.1 Å². The van der Waals surface area contributed by atoms with E-state index in [1.54, 1.807) is 35.9 Å². The summed E-state index contributed by atoms with van der Waals surface area (Å²) in [4.78, 5) is 28.3. The SMILES string of the molecule is CCOc1cc(/C=C2\SC(=N)[C@H](c3nccs3)C2=O)ccc1OCC(N)=O. The van der Waals surface area contributed by atoms with Gasteiger partial charge in [-0.25, -0.2) is 4.98 Å². The second-order valence-electron chi connectivity index (χ2n) is 5.54. The van der Waals surface area contributed by atoms with Crippen LogP contribution in [0.5, 0.6) is 11.5 Å². The van der Waals surface area contributed by atoms with Gasteiger partial charge in [-0.3, -0.25) is 15.0 Å². The largest absolute Gasteiger partial charge is 0.490 e. The number of nitrogens with one attached hydrogen (secondary N) is 1. The molecule has 140 valence electrons. The van der Waals surface area contributed by atoms with E-state index >= 15 is 0 Å². The van der Waals surface area contributed by atoms with Crippen molar-refractivity contribution in [2.45, 2.75) is 12.8 Å². The van der Waals surface area contributed by atoms with E-state index < -0.39 is 11.8 Å². The van der Waals surface area contributed by atoms with E-state index in [1.807, 2.05) is 6.92 Å². The number of thioether (sulfide) groups is 1. The van der Waals surface area contributed by atoms with Crippen LogP contribution in [0.3, 0.4) is 0 Å². The Hall–Kier alpha value is -2.65. The van der Waals surface area contributed by atoms with E-state index in [0.717, 1.165) is 17.3 Å². The van der Waals surface area contributed by atoms with Crippen molar-refractivity contribution in [3.63, 3.8) is 0 Å². The molecule has 2 heterocycles. The summed E-state index contributed by atoms with van der Waals surface area (Å²) in [5, 5.41) is 10.8. The number of hydrogen-bond donors (Lipinski definition) is 2. The molecular formula is C18H17N3O4S2. The number of hydrogen-bond acceptors (Lipinski definition) is 8. The van der Waals surface area contributed by atoms with E-state index in [1.165, 1.54) is 11.3 Å². The molecule has 1 amide bonds. The fourth-order valence-electron chi connectivity index (χ4n) is 2.49. The maximum absolute atomic E-state index is 12.7. The Labute approximate surface area is 164 Å². The molecule has 3 rings (SSSR count). The van der Waals surface area contributed by atoms with Crippen molar-refractivity contribution in [2.75, 3.05) is 13.2 Å². The molecule has 0 bridgehead atoms. The summed E-state index contributed by atoms with van der Waals surface area (Å²) in [6.07, 6.45) is 3.35. The van der Waals surface area contributed by atoms with Gasteiger partial charge in [-0.1, -0.05) is 17.8 Å². The van der Waals surface area contributed by atoms with Gasteiger partial charge in [-0.05, 0) is 30.7 Å². The molecule has 1 fully saturated rings. The van der Waals surface area contributed by atoms with Crippen molar-refractivity contribution in [2.24, 2.45) is 5.73 Å². The van der Waals surface area contributed by atoms with Gasteiger partial charge in [-0.2, -0.15) is 0 Å². The number of benzene rings is 1. The van der Waals surface area contributed by atoms with Gasteiger partial charge in [0.2, 0.25) is 0 Å². The highest BCUT2D eigenvalue weighted by Crippen LogP contribution is 2.41. The van der Waals surface area contributed by atoms with Crippen LogP contribution < -0.4 is 15.2 Å². The van der Waals surface area contributed by atoms with Gasteiger partial charge in [0.05, 0.1) is 16.6 Å². The highest BCUT2D eigenvalue weighted by atomic mass is 32.2. The van der Waals surface area contributed by atoms with Crippen LogP contribution in [0.2, 0.25) is 0 Å². The number of rotatable bonds is 7. The Balaban J connectivity index is 1.86. The predicted molar refractivity (Wildman–Crippen MR) is 105 cm³/mol. The molecule has 0 spiro atoms. The maximum atomic E-state index is 12.7. The molecule has 9 heteroatoms. The first-order valence-electron chi connectivity index (χ1n) is 8.09. The van der Waals surface area contributed by atoms with Gasteiger partial charge >= 0.3 is 0 Å². The summed E-state index contributed by atoms with van der Waals surface area (Å²) in [5.41, 5.74) is 5.84. The molecule has 0 radical (unpaired) electrons. The number of ether oxygens (including phenoxy) is 2. The van der Waals surface area contributed by atoms with Crippen LogP contribution in [0.25, 0.3) is 6.08 Å². The number of aromatic nitrogens is 1. The Kier molecular flexibility index (Phi) is 5.92. The average molecular weight is 403 g/mol. The van der Waals surface area contributed by atoms with Crippen LogP contribution in [0.1, 0.15) is 23.4 Å². The molecule has 0 saturated carbocycles. The Morgan fingerprint density at radius 1 is 1.37 bits per heavy atom. The quantitative estimate of drug-likeness (QED) is 0.687. The molecule has 2 aromatic rings. The van der Waals surface area contributed by atoms with Crippen molar-refractivity contribution >= 4 is 45.9 Å². The Morgan fingerprint density at radius 2 is 2.19 bits per heavy atom. The van der Waals surface area contributed by atoms with Gasteiger partial charge in [-0.15, -0.1) is 11.3 Å². The fraction of sp³-hybridized carbons (Fsp3) is 0.222. The second kappa shape index (κ2) is 8.36. The van der Waals surface area contributed by atoms with E-state index in [4.69, 9.17) is 20.6 Å². The third-order valence-electron chi connectivity index (χ3n) is 3.62. The second-order valence-corrected chi connectivity index (χ2v) is 7.55. The van der Waals surface area contributed by atoms with Crippen LogP contribution in [-0.2, 0) is 9.59 Å². The zero-order chi connectivity index (χ0) is 19.4. The highest BCUT2D eigenvalue weighted by Gasteiger charge is 2.38. The normalized spacial score (nSPS) is 18.1. The smallest absolute Gasteiger partial charge is 0.255 e. The number of carbonyl (C=O) groups is 2. The molecule has 1 aromatic carbocycles. The average Bonchev–Trinajstić information content (AvgIpc) is 3.23. The van der Waals surface area contributed by atoms with Crippen molar-refractivity contribution in [1.29, 1.82) is 5.41 Å². The first-order chi connectivity index (χ1) is 13.0. The maximum Gasteiger partial charge on any atom is 0.255 e. The standard InChI is InChI=1S/C18H17N3O4S2/c1-2-24-12-7-10(3-4-11(12)25-9-14(19)22)8-13-16(23)15(17(20)27-13)18-21-5-6-26-18/h3-8,15,20H,2,9H2,1H3,(H2,19,22)/b13-8-,20-17?/t15-/m1/s1. The molecule has 3 N–H and O–H groups in total. The van der Waals surface area contributed by atoms with Gasteiger partial charge in [0.15, 0.2) is 23.9 Å². The number of allylic oxidation sites excluding steroid dienone is 1. The van der Waals surface area contributed by atoms with Gasteiger partial charge < -0.3 is 15.2 Å². The van der Waals surface area contributed by atoms with Crippen LogP contribution in [-0.4, -0.2) is 34.9 Å². The Bertz CT molecular complexity index is 909. The molecule has 1 saturated heterocycles. The monoisotopic (exact) mass is 403 g/mol. The lowest BCUT2D eigenvalue weighted by Crippen LogP contribution is -2.20. The van der Waals surface area contributed by atoms with E-state index in [0.29, 0.717) is 28.0 Å². The number of nitrogens with zero attached hydrogens (tertiary/aromatic N) is 1. The summed E-state index contributed by atoms with van der Waals surface area (Å²) in [7, 11) is 0. The number of amides is 1. The molecule has 1 atom stereocenters. The third kappa shape index (κ3) is 4.37. The number of thiazole rings is 1. The number of carbonyl (C=O) groups excluding carboxylic acids is 2. The van der Waals surface area contributed by atoms with E-state index in [-0.39, 0.29) is 17.4 Å². The predicted octanol–water partition coefficient (Wildman–Crippen LogP) is 2.82. The zero-order valence-corrected chi connectivity index (χ0v) is 16.1. The van der Waals surface area contributed by atoms with Crippen molar-refractivity contribution in [3.05, 3.63) is 45.3 Å². The minimum Gasteiger partial charge on any atom is -0.490 e. The van der Waals surface area contributed by atoms with Crippen LogP contribution in [0.4, 0.5) is 0 Å². The Morgan fingerprint density at radius 3 is 2.85 bits per heavy atom. The van der Waals surface area contributed by atoms with Gasteiger partial charge in [0, 0.05) is 11.6 Å². The molecule has 27 heavy (non-hydrogen) atoms. The molecule has 1 aliphatic rings. The lowest BCUT2D eigenvalue weighted by molar-refractivity contribution is -0.120. The fourth-order valence-corrected chi connectivity index (χ4v) is 4.30. The molecule has 1 aliphatic heterocycles. The van der Waals surface area contributed by atoms with Crippen LogP contribution >= 0.6 is 23.1 Å². The highest BCUT2D eigenvalue weighted by molar-refractivity contribution is 8.19. The lowest BCUT2D eigenvalue weighted by Gasteiger charge is -2.11. The summed E-state index contributed by atoms with van der Waals surface area (Å²) in [6, 6.07) is 5.13. The first-order valence-corrected chi connectivity index (χ1v) is 9.78. The number of primary amides is 1. The number of nitrogens with two attached hydrogens (primary N) is 1. The first kappa shape index (κ1) is 19.1. The molecule has 0 aliphatic carbocycles. The third-order valence-corrected chi connectivity index (χ3v) is 5.46. The minimum atomic E-state index is -0.620. The zero-order valence-electron chi connectivity index (χ0n) is 14.4. The molecule has 7 nitrogen and oxygen atoms in total. The molecular weight excluding hydrogens is 386 g/mol. The molecule has 0 unspecified atom stereocenters. The number of ketones is 1. The van der Waals surface area contributed by atoms with Crippen LogP contribution in [0, 0.1) is 5.41 Å². The van der Waals surface area contributed by atoms with Crippen molar-refractivity contribution in [1.82, 2.24) is 4.98 Å². The molecule has 1 aromatic heterocycles. The van der Waals surface area contributed by atoms with Crippen molar-refractivity contribution in [3.8, 4) is 11.5 Å². The summed E-state index contributed by atoms with van der Waals surface area (Å²) in [5.74, 6) is -0.479. The van der Waals surface area contributed by atoms with Crippen LogP contribution in [0.15, 0.2) is 34.7 Å². The van der Waals surface area contributed by atoms with Gasteiger partial charge in [0.1, 0.15) is 10.9 Å². The summed E-state index contributed by atoms with van der Waals surface area (Å²) >= 11 is 2.51. The minimum absolute atomic E-state index is 0.132. The number of Topliss-reactive ketones (excluding diaryl/α,β-unsaturated/α-hetero) is 1. The summed E-state index contributed by atoms with van der Waals surface area (Å²) < 4.78 is 10.9. The lowest BCUT2D eigenvalue weighted by atomic mass is 10.0.